The van der Waals surface area contributed by atoms with Gasteiger partial charge in [-0.05, 0) is 37.6 Å². The standard InChI is InChI=1S/C21H21FN4O3/c1-12-13(2)25-20-17(8-15(22)9-18(20)24-12)21(28)23-10-14-5-4-6-16(7-14)26-19(27)11-29-3/h4-9H,10-11H2,1-3H3,(H,23,28)(H,26,27). The number of amides is 2. The summed E-state index contributed by atoms with van der Waals surface area (Å²) in [7, 11) is 1.44. The van der Waals surface area contributed by atoms with Gasteiger partial charge in [0.1, 0.15) is 17.9 Å². The number of methoxy groups -OCH3 is 1. The first-order valence-corrected chi connectivity index (χ1v) is 8.98. The molecule has 2 amide bonds. The van der Waals surface area contributed by atoms with E-state index < -0.39 is 11.7 Å². The number of ether oxygens (including phenoxy) is 1. The van der Waals surface area contributed by atoms with Crippen molar-refractivity contribution in [3.05, 3.63) is 64.7 Å². The van der Waals surface area contributed by atoms with E-state index in [0.717, 1.165) is 11.6 Å². The Hall–Kier alpha value is -3.39. The molecule has 0 aliphatic heterocycles. The highest BCUT2D eigenvalue weighted by molar-refractivity contribution is 6.04. The van der Waals surface area contributed by atoms with E-state index in [1.165, 1.54) is 13.2 Å². The van der Waals surface area contributed by atoms with Crippen molar-refractivity contribution < 1.29 is 18.7 Å². The summed E-state index contributed by atoms with van der Waals surface area (Å²) in [5, 5.41) is 5.46. The number of nitrogens with zero attached hydrogens (tertiary/aromatic N) is 2. The van der Waals surface area contributed by atoms with Crippen LogP contribution in [0.3, 0.4) is 0 Å². The highest BCUT2D eigenvalue weighted by atomic mass is 19.1. The summed E-state index contributed by atoms with van der Waals surface area (Å²) in [5.41, 5.74) is 3.53. The molecule has 150 valence electrons. The smallest absolute Gasteiger partial charge is 0.253 e. The van der Waals surface area contributed by atoms with Crippen LogP contribution in [-0.4, -0.2) is 35.5 Å². The monoisotopic (exact) mass is 396 g/mol. The molecule has 3 aromatic rings. The summed E-state index contributed by atoms with van der Waals surface area (Å²) in [6.07, 6.45) is 0. The van der Waals surface area contributed by atoms with Crippen LogP contribution in [0.2, 0.25) is 0 Å². The number of carbonyl (C=O) groups is 2. The molecule has 0 atom stereocenters. The quantitative estimate of drug-likeness (QED) is 0.668. The van der Waals surface area contributed by atoms with Crippen molar-refractivity contribution in [1.82, 2.24) is 15.3 Å². The first-order chi connectivity index (χ1) is 13.9. The Morgan fingerprint density at radius 2 is 1.86 bits per heavy atom. The summed E-state index contributed by atoms with van der Waals surface area (Å²) >= 11 is 0. The number of anilines is 1. The molecule has 8 heteroatoms. The third kappa shape index (κ3) is 4.91. The maximum absolute atomic E-state index is 14.0. The van der Waals surface area contributed by atoms with Crippen LogP contribution < -0.4 is 10.6 Å². The molecule has 1 aromatic heterocycles. The van der Waals surface area contributed by atoms with E-state index in [2.05, 4.69) is 20.6 Å². The van der Waals surface area contributed by atoms with Gasteiger partial charge in [0.25, 0.3) is 5.91 Å². The normalized spacial score (nSPS) is 10.8. The van der Waals surface area contributed by atoms with Gasteiger partial charge >= 0.3 is 0 Å². The molecule has 29 heavy (non-hydrogen) atoms. The summed E-state index contributed by atoms with van der Waals surface area (Å²) in [6, 6.07) is 9.47. The average molecular weight is 396 g/mol. The SMILES string of the molecule is COCC(=O)Nc1cccc(CNC(=O)c2cc(F)cc3nc(C)c(C)nc23)c1. The highest BCUT2D eigenvalue weighted by Crippen LogP contribution is 2.19. The van der Waals surface area contributed by atoms with E-state index in [-0.39, 0.29) is 24.6 Å². The van der Waals surface area contributed by atoms with E-state index in [1.54, 1.807) is 32.0 Å². The lowest BCUT2D eigenvalue weighted by atomic mass is 10.1. The van der Waals surface area contributed by atoms with E-state index in [0.29, 0.717) is 28.1 Å². The molecule has 0 saturated heterocycles. The number of aromatic nitrogens is 2. The number of hydrogen-bond acceptors (Lipinski definition) is 5. The van der Waals surface area contributed by atoms with Gasteiger partial charge in [-0.2, -0.15) is 0 Å². The molecule has 0 saturated carbocycles. The molecule has 0 unspecified atom stereocenters. The van der Waals surface area contributed by atoms with Crippen LogP contribution in [0, 0.1) is 19.7 Å². The second-order valence-corrected chi connectivity index (χ2v) is 6.58. The predicted octanol–water partition coefficient (Wildman–Crippen LogP) is 2.90. The van der Waals surface area contributed by atoms with Crippen LogP contribution >= 0.6 is 0 Å². The lowest BCUT2D eigenvalue weighted by molar-refractivity contribution is -0.119. The van der Waals surface area contributed by atoms with Gasteiger partial charge in [0.2, 0.25) is 5.91 Å². The second kappa shape index (κ2) is 8.74. The molecule has 1 heterocycles. The molecule has 0 aliphatic carbocycles. The first-order valence-electron chi connectivity index (χ1n) is 8.98. The largest absolute Gasteiger partial charge is 0.375 e. The van der Waals surface area contributed by atoms with Crippen molar-refractivity contribution in [2.45, 2.75) is 20.4 Å². The Morgan fingerprint density at radius 1 is 1.10 bits per heavy atom. The van der Waals surface area contributed by atoms with Crippen LogP contribution in [0.15, 0.2) is 36.4 Å². The minimum atomic E-state index is -0.553. The van der Waals surface area contributed by atoms with Crippen molar-refractivity contribution >= 4 is 28.5 Å². The fourth-order valence-corrected chi connectivity index (χ4v) is 2.84. The Morgan fingerprint density at radius 3 is 2.62 bits per heavy atom. The zero-order chi connectivity index (χ0) is 21.0. The molecule has 3 rings (SSSR count). The molecule has 0 bridgehead atoms. The molecule has 2 aromatic carbocycles. The first kappa shape index (κ1) is 20.3. The van der Waals surface area contributed by atoms with Gasteiger partial charge < -0.3 is 15.4 Å². The van der Waals surface area contributed by atoms with Crippen molar-refractivity contribution in [3.63, 3.8) is 0 Å². The topological polar surface area (TPSA) is 93.2 Å². The molecule has 2 N–H and O–H groups in total. The fourth-order valence-electron chi connectivity index (χ4n) is 2.84. The van der Waals surface area contributed by atoms with Crippen LogP contribution in [0.4, 0.5) is 10.1 Å². The van der Waals surface area contributed by atoms with E-state index in [9.17, 15) is 14.0 Å². The van der Waals surface area contributed by atoms with Gasteiger partial charge in [-0.3, -0.25) is 9.59 Å². The number of rotatable bonds is 6. The van der Waals surface area contributed by atoms with Gasteiger partial charge in [-0.15, -0.1) is 0 Å². The number of hydrogen-bond donors (Lipinski definition) is 2. The van der Waals surface area contributed by atoms with Gasteiger partial charge in [-0.1, -0.05) is 12.1 Å². The molecule has 0 radical (unpaired) electrons. The molecule has 0 aliphatic rings. The van der Waals surface area contributed by atoms with Gasteiger partial charge in [0.05, 0.1) is 22.5 Å². The number of nitrogens with one attached hydrogen (secondary N) is 2. The second-order valence-electron chi connectivity index (χ2n) is 6.58. The number of carbonyl (C=O) groups excluding carboxylic acids is 2. The van der Waals surface area contributed by atoms with E-state index in [4.69, 9.17) is 4.74 Å². The Bertz CT molecular complexity index is 1080. The van der Waals surface area contributed by atoms with Gasteiger partial charge in [0.15, 0.2) is 0 Å². The zero-order valence-electron chi connectivity index (χ0n) is 16.4. The summed E-state index contributed by atoms with van der Waals surface area (Å²) in [6.45, 7) is 3.72. The Labute approximate surface area is 167 Å². The van der Waals surface area contributed by atoms with E-state index in [1.807, 2.05) is 6.07 Å². The summed E-state index contributed by atoms with van der Waals surface area (Å²) in [4.78, 5) is 33.1. The van der Waals surface area contributed by atoms with Crippen molar-refractivity contribution in [2.24, 2.45) is 0 Å². The average Bonchev–Trinajstić information content (AvgIpc) is 2.67. The summed E-state index contributed by atoms with van der Waals surface area (Å²) in [5.74, 6) is -1.28. The maximum atomic E-state index is 14.0. The molecular formula is C21H21FN4O3. The van der Waals surface area contributed by atoms with Crippen molar-refractivity contribution in [3.8, 4) is 0 Å². The van der Waals surface area contributed by atoms with Crippen LogP contribution in [0.5, 0.6) is 0 Å². The number of fused-ring (bicyclic) bond motifs is 1. The van der Waals surface area contributed by atoms with Gasteiger partial charge in [-0.25, -0.2) is 14.4 Å². The Balaban J connectivity index is 1.78. The van der Waals surface area contributed by atoms with E-state index >= 15 is 0 Å². The van der Waals surface area contributed by atoms with Crippen molar-refractivity contribution in [1.29, 1.82) is 0 Å². The van der Waals surface area contributed by atoms with Crippen LogP contribution in [0.25, 0.3) is 11.0 Å². The molecule has 0 fully saturated rings. The molecular weight excluding hydrogens is 375 g/mol. The number of aryl methyl sites for hydroxylation is 2. The van der Waals surface area contributed by atoms with Crippen molar-refractivity contribution in [2.75, 3.05) is 19.0 Å². The van der Waals surface area contributed by atoms with Crippen LogP contribution in [-0.2, 0) is 16.1 Å². The fraction of sp³-hybridized carbons (Fsp3) is 0.238. The summed E-state index contributed by atoms with van der Waals surface area (Å²) < 4.78 is 18.8. The van der Waals surface area contributed by atoms with Crippen LogP contribution in [0.1, 0.15) is 27.3 Å². The molecule has 7 nitrogen and oxygen atoms in total. The Kier molecular flexibility index (Phi) is 6.13. The maximum Gasteiger partial charge on any atom is 0.253 e. The van der Waals surface area contributed by atoms with Gasteiger partial charge in [0, 0.05) is 25.4 Å². The molecule has 0 spiro atoms. The predicted molar refractivity (Wildman–Crippen MR) is 107 cm³/mol. The highest BCUT2D eigenvalue weighted by Gasteiger charge is 2.15. The third-order valence-corrected chi connectivity index (χ3v) is 4.33. The number of benzene rings is 2. The minimum Gasteiger partial charge on any atom is -0.375 e. The third-order valence-electron chi connectivity index (χ3n) is 4.33. The lowest BCUT2D eigenvalue weighted by Gasteiger charge is -2.11. The lowest BCUT2D eigenvalue weighted by Crippen LogP contribution is -2.24. The zero-order valence-corrected chi connectivity index (χ0v) is 16.4. The number of halogens is 1. The minimum absolute atomic E-state index is 0.0481.